The van der Waals surface area contributed by atoms with Gasteiger partial charge in [0.25, 0.3) is 0 Å². The van der Waals surface area contributed by atoms with E-state index in [1.54, 1.807) is 36.2 Å². The molecular formula is C15H19N3O2. The number of nitrogens with zero attached hydrogens (tertiary/aromatic N) is 2. The fourth-order valence-corrected chi connectivity index (χ4v) is 2.19. The number of ether oxygens (including phenoxy) is 1. The van der Waals surface area contributed by atoms with Crippen LogP contribution in [0.15, 0.2) is 24.3 Å². The summed E-state index contributed by atoms with van der Waals surface area (Å²) in [5, 5.41) is 11.5. The molecule has 1 aliphatic rings. The summed E-state index contributed by atoms with van der Waals surface area (Å²) in [5.41, 5.74) is 1.26. The van der Waals surface area contributed by atoms with Crippen molar-refractivity contribution in [1.82, 2.24) is 4.90 Å². The van der Waals surface area contributed by atoms with Gasteiger partial charge in [-0.15, -0.1) is 0 Å². The zero-order valence-corrected chi connectivity index (χ0v) is 11.6. The second-order valence-corrected chi connectivity index (χ2v) is 4.99. The maximum Gasteiger partial charge on any atom is 0.321 e. The Morgan fingerprint density at radius 2 is 2.20 bits per heavy atom. The number of nitriles is 1. The van der Waals surface area contributed by atoms with E-state index < -0.39 is 0 Å². The molecule has 1 aromatic carbocycles. The van der Waals surface area contributed by atoms with Gasteiger partial charge in [-0.2, -0.15) is 5.26 Å². The van der Waals surface area contributed by atoms with E-state index in [1.165, 1.54) is 0 Å². The number of benzene rings is 1. The highest BCUT2D eigenvalue weighted by Gasteiger charge is 2.18. The first kappa shape index (κ1) is 14.4. The van der Waals surface area contributed by atoms with E-state index in [4.69, 9.17) is 10.00 Å². The summed E-state index contributed by atoms with van der Waals surface area (Å²) in [7, 11) is 1.76. The Bertz CT molecular complexity index is 487. The van der Waals surface area contributed by atoms with Gasteiger partial charge in [-0.05, 0) is 43.5 Å². The van der Waals surface area contributed by atoms with Crippen molar-refractivity contribution in [3.63, 3.8) is 0 Å². The third kappa shape index (κ3) is 3.97. The summed E-state index contributed by atoms with van der Waals surface area (Å²) in [4.78, 5) is 13.7. The molecule has 1 unspecified atom stereocenters. The van der Waals surface area contributed by atoms with Crippen molar-refractivity contribution in [1.29, 1.82) is 5.26 Å². The number of carbonyl (C=O) groups is 1. The van der Waals surface area contributed by atoms with Gasteiger partial charge in [-0.25, -0.2) is 4.79 Å². The molecule has 1 saturated heterocycles. The van der Waals surface area contributed by atoms with Gasteiger partial charge in [-0.1, -0.05) is 0 Å². The predicted octanol–water partition coefficient (Wildman–Crippen LogP) is 2.59. The van der Waals surface area contributed by atoms with Crippen LogP contribution in [0.1, 0.15) is 24.8 Å². The summed E-state index contributed by atoms with van der Waals surface area (Å²) in [6.45, 7) is 1.39. The standard InChI is InChI=1S/C15H19N3O2/c1-18(11-14-4-2-3-9-20-14)15(19)17-13-7-5-12(10-16)6-8-13/h5-8,14H,2-4,9,11H2,1H3,(H,17,19). The number of urea groups is 1. The van der Waals surface area contributed by atoms with Crippen LogP contribution >= 0.6 is 0 Å². The van der Waals surface area contributed by atoms with Crippen LogP contribution in [0.5, 0.6) is 0 Å². The molecule has 1 fully saturated rings. The molecule has 0 saturated carbocycles. The molecule has 106 valence electrons. The Balaban J connectivity index is 1.85. The summed E-state index contributed by atoms with van der Waals surface area (Å²) < 4.78 is 5.62. The Labute approximate surface area is 119 Å². The molecule has 1 aliphatic heterocycles. The van der Waals surface area contributed by atoms with E-state index in [-0.39, 0.29) is 12.1 Å². The van der Waals surface area contributed by atoms with E-state index in [0.717, 1.165) is 25.9 Å². The molecule has 20 heavy (non-hydrogen) atoms. The van der Waals surface area contributed by atoms with Gasteiger partial charge in [0.1, 0.15) is 0 Å². The van der Waals surface area contributed by atoms with Crippen LogP contribution in [0.3, 0.4) is 0 Å². The zero-order chi connectivity index (χ0) is 14.4. The van der Waals surface area contributed by atoms with Crippen LogP contribution in [-0.4, -0.2) is 37.2 Å². The van der Waals surface area contributed by atoms with Crippen LogP contribution in [-0.2, 0) is 4.74 Å². The molecular weight excluding hydrogens is 254 g/mol. The summed E-state index contributed by atoms with van der Waals surface area (Å²) in [6.07, 6.45) is 3.42. The smallest absolute Gasteiger partial charge is 0.321 e. The molecule has 1 aromatic rings. The minimum atomic E-state index is -0.163. The Kier molecular flexibility index (Phi) is 4.97. The van der Waals surface area contributed by atoms with Gasteiger partial charge < -0.3 is 15.0 Å². The molecule has 0 spiro atoms. The van der Waals surface area contributed by atoms with Crippen LogP contribution in [0, 0.1) is 11.3 Å². The third-order valence-corrected chi connectivity index (χ3v) is 3.36. The molecule has 0 radical (unpaired) electrons. The molecule has 0 aromatic heterocycles. The van der Waals surface area contributed by atoms with Gasteiger partial charge in [-0.3, -0.25) is 0 Å². The van der Waals surface area contributed by atoms with Crippen molar-refractivity contribution in [2.45, 2.75) is 25.4 Å². The van der Waals surface area contributed by atoms with E-state index in [2.05, 4.69) is 5.32 Å². The number of carbonyl (C=O) groups excluding carboxylic acids is 1. The van der Waals surface area contributed by atoms with E-state index in [1.807, 2.05) is 6.07 Å². The average molecular weight is 273 g/mol. The number of anilines is 1. The minimum absolute atomic E-state index is 0.139. The van der Waals surface area contributed by atoms with Gasteiger partial charge in [0.2, 0.25) is 0 Å². The zero-order valence-electron chi connectivity index (χ0n) is 11.6. The quantitative estimate of drug-likeness (QED) is 0.920. The van der Waals surface area contributed by atoms with E-state index >= 15 is 0 Å². The van der Waals surface area contributed by atoms with Crippen molar-refractivity contribution in [3.8, 4) is 6.07 Å². The Morgan fingerprint density at radius 3 is 2.80 bits per heavy atom. The largest absolute Gasteiger partial charge is 0.376 e. The van der Waals surface area contributed by atoms with Crippen molar-refractivity contribution in [2.75, 3.05) is 25.5 Å². The van der Waals surface area contributed by atoms with Crippen molar-refractivity contribution >= 4 is 11.7 Å². The first-order chi connectivity index (χ1) is 9.69. The number of nitrogens with one attached hydrogen (secondary N) is 1. The highest BCUT2D eigenvalue weighted by Crippen LogP contribution is 2.14. The first-order valence-corrected chi connectivity index (χ1v) is 6.83. The molecule has 1 heterocycles. The highest BCUT2D eigenvalue weighted by atomic mass is 16.5. The lowest BCUT2D eigenvalue weighted by Gasteiger charge is -2.27. The molecule has 0 aliphatic carbocycles. The van der Waals surface area contributed by atoms with Crippen molar-refractivity contribution in [2.24, 2.45) is 0 Å². The lowest BCUT2D eigenvalue weighted by Crippen LogP contribution is -2.39. The lowest BCUT2D eigenvalue weighted by atomic mass is 10.1. The first-order valence-electron chi connectivity index (χ1n) is 6.83. The summed E-state index contributed by atoms with van der Waals surface area (Å²) in [5.74, 6) is 0. The van der Waals surface area contributed by atoms with E-state index in [0.29, 0.717) is 17.8 Å². The maximum atomic E-state index is 12.0. The molecule has 5 nitrogen and oxygen atoms in total. The van der Waals surface area contributed by atoms with Crippen molar-refractivity contribution < 1.29 is 9.53 Å². The maximum absolute atomic E-state index is 12.0. The number of likely N-dealkylation sites (N-methyl/N-ethyl adjacent to an activating group) is 1. The summed E-state index contributed by atoms with van der Waals surface area (Å²) in [6, 6.07) is 8.69. The van der Waals surface area contributed by atoms with Crippen LogP contribution in [0.4, 0.5) is 10.5 Å². The minimum Gasteiger partial charge on any atom is -0.376 e. The lowest BCUT2D eigenvalue weighted by molar-refractivity contribution is 0.00463. The Hall–Kier alpha value is -2.06. The number of hydrogen-bond acceptors (Lipinski definition) is 3. The molecule has 1 N–H and O–H groups in total. The number of amides is 2. The SMILES string of the molecule is CN(CC1CCCCO1)C(=O)Nc1ccc(C#N)cc1. The number of hydrogen-bond donors (Lipinski definition) is 1. The fourth-order valence-electron chi connectivity index (χ4n) is 2.19. The highest BCUT2D eigenvalue weighted by molar-refractivity contribution is 5.89. The third-order valence-electron chi connectivity index (χ3n) is 3.36. The van der Waals surface area contributed by atoms with Crippen molar-refractivity contribution in [3.05, 3.63) is 29.8 Å². The molecule has 2 amide bonds. The van der Waals surface area contributed by atoms with Gasteiger partial charge in [0.05, 0.1) is 17.7 Å². The Morgan fingerprint density at radius 1 is 1.45 bits per heavy atom. The van der Waals surface area contributed by atoms with Gasteiger partial charge >= 0.3 is 6.03 Å². The van der Waals surface area contributed by atoms with Crippen LogP contribution in [0.25, 0.3) is 0 Å². The van der Waals surface area contributed by atoms with Crippen LogP contribution in [0.2, 0.25) is 0 Å². The second-order valence-electron chi connectivity index (χ2n) is 4.99. The molecule has 2 rings (SSSR count). The van der Waals surface area contributed by atoms with Gasteiger partial charge in [0.15, 0.2) is 0 Å². The fraction of sp³-hybridized carbons (Fsp3) is 0.467. The topological polar surface area (TPSA) is 65.4 Å². The second kappa shape index (κ2) is 6.92. The molecule has 0 bridgehead atoms. The molecule has 5 heteroatoms. The number of rotatable bonds is 3. The molecule has 1 atom stereocenters. The normalized spacial score (nSPS) is 18.1. The predicted molar refractivity (Wildman–Crippen MR) is 76.4 cm³/mol. The van der Waals surface area contributed by atoms with E-state index in [9.17, 15) is 4.79 Å². The van der Waals surface area contributed by atoms with Gasteiger partial charge in [0, 0.05) is 25.9 Å². The van der Waals surface area contributed by atoms with Crippen LogP contribution < -0.4 is 5.32 Å². The summed E-state index contributed by atoms with van der Waals surface area (Å²) >= 11 is 0. The monoisotopic (exact) mass is 273 g/mol. The average Bonchev–Trinajstić information content (AvgIpc) is 2.49.